The average molecular weight is 296 g/mol. The van der Waals surface area contributed by atoms with Crippen LogP contribution in [0.5, 0.6) is 0 Å². The zero-order valence-electron chi connectivity index (χ0n) is 12.0. The maximum absolute atomic E-state index is 14.4. The SMILES string of the molecule is O=[N+]([O-])c1cnn(C2CCN(CC3CCCC3)CC2F)c1. The maximum atomic E-state index is 14.4. The molecule has 21 heavy (non-hydrogen) atoms. The van der Waals surface area contributed by atoms with Crippen LogP contribution in [0.3, 0.4) is 0 Å². The minimum absolute atomic E-state index is 0.0735. The van der Waals surface area contributed by atoms with E-state index >= 15 is 0 Å². The van der Waals surface area contributed by atoms with E-state index in [2.05, 4.69) is 10.00 Å². The molecule has 7 heteroatoms. The van der Waals surface area contributed by atoms with Crippen molar-refractivity contribution in [1.29, 1.82) is 0 Å². The molecule has 1 aliphatic heterocycles. The maximum Gasteiger partial charge on any atom is 0.307 e. The highest BCUT2D eigenvalue weighted by Crippen LogP contribution is 2.30. The number of piperidine rings is 1. The lowest BCUT2D eigenvalue weighted by atomic mass is 10.0. The molecule has 1 aromatic rings. The van der Waals surface area contributed by atoms with Crippen molar-refractivity contribution < 1.29 is 9.31 Å². The van der Waals surface area contributed by atoms with Gasteiger partial charge in [-0.3, -0.25) is 14.8 Å². The van der Waals surface area contributed by atoms with E-state index in [-0.39, 0.29) is 11.7 Å². The molecule has 0 spiro atoms. The highest BCUT2D eigenvalue weighted by Gasteiger charge is 2.33. The summed E-state index contributed by atoms with van der Waals surface area (Å²) in [6, 6.07) is -0.376. The molecule has 0 bridgehead atoms. The Balaban J connectivity index is 1.58. The normalized spacial score (nSPS) is 28.0. The van der Waals surface area contributed by atoms with Gasteiger partial charge >= 0.3 is 5.69 Å². The van der Waals surface area contributed by atoms with Crippen molar-refractivity contribution in [3.8, 4) is 0 Å². The predicted molar refractivity (Wildman–Crippen MR) is 75.8 cm³/mol. The molecule has 2 heterocycles. The summed E-state index contributed by atoms with van der Waals surface area (Å²) >= 11 is 0. The first-order chi connectivity index (χ1) is 10.1. The second-order valence-electron chi connectivity index (χ2n) is 6.22. The van der Waals surface area contributed by atoms with Crippen LogP contribution in [-0.4, -0.2) is 45.4 Å². The Kier molecular flexibility index (Phi) is 4.19. The summed E-state index contributed by atoms with van der Waals surface area (Å²) in [4.78, 5) is 12.4. The van der Waals surface area contributed by atoms with Crippen molar-refractivity contribution in [2.45, 2.75) is 44.3 Å². The number of halogens is 1. The van der Waals surface area contributed by atoms with Gasteiger partial charge in [0, 0.05) is 19.6 Å². The smallest absolute Gasteiger partial charge is 0.300 e. The van der Waals surface area contributed by atoms with Crippen molar-refractivity contribution in [2.75, 3.05) is 19.6 Å². The summed E-state index contributed by atoms with van der Waals surface area (Å²) in [6.45, 7) is 2.25. The molecule has 0 N–H and O–H groups in total. The van der Waals surface area contributed by atoms with Crippen LogP contribution in [0.25, 0.3) is 0 Å². The van der Waals surface area contributed by atoms with Gasteiger partial charge in [-0.05, 0) is 25.2 Å². The van der Waals surface area contributed by atoms with Gasteiger partial charge in [0.2, 0.25) is 0 Å². The fourth-order valence-electron chi connectivity index (χ4n) is 3.58. The second-order valence-corrected chi connectivity index (χ2v) is 6.22. The summed E-state index contributed by atoms with van der Waals surface area (Å²) in [5, 5.41) is 14.6. The molecule has 1 saturated heterocycles. The lowest BCUT2D eigenvalue weighted by Crippen LogP contribution is -2.44. The van der Waals surface area contributed by atoms with Gasteiger partial charge in [-0.25, -0.2) is 4.39 Å². The third kappa shape index (κ3) is 3.23. The first-order valence-electron chi connectivity index (χ1n) is 7.68. The van der Waals surface area contributed by atoms with Crippen LogP contribution < -0.4 is 0 Å². The lowest BCUT2D eigenvalue weighted by molar-refractivity contribution is -0.385. The fourth-order valence-corrected chi connectivity index (χ4v) is 3.58. The van der Waals surface area contributed by atoms with E-state index < -0.39 is 11.1 Å². The van der Waals surface area contributed by atoms with E-state index in [1.807, 2.05) is 0 Å². The lowest BCUT2D eigenvalue weighted by Gasteiger charge is -2.35. The van der Waals surface area contributed by atoms with Crippen molar-refractivity contribution in [1.82, 2.24) is 14.7 Å². The molecular weight excluding hydrogens is 275 g/mol. The van der Waals surface area contributed by atoms with E-state index in [0.29, 0.717) is 13.0 Å². The molecule has 116 valence electrons. The number of nitrogens with zero attached hydrogens (tertiary/aromatic N) is 4. The third-order valence-corrected chi connectivity index (χ3v) is 4.72. The zero-order valence-corrected chi connectivity index (χ0v) is 12.0. The minimum Gasteiger partial charge on any atom is -0.300 e. The number of alkyl halides is 1. The van der Waals surface area contributed by atoms with E-state index in [4.69, 9.17) is 0 Å². The number of hydrogen-bond acceptors (Lipinski definition) is 4. The van der Waals surface area contributed by atoms with E-state index in [9.17, 15) is 14.5 Å². The summed E-state index contributed by atoms with van der Waals surface area (Å²) in [5.74, 6) is 0.722. The molecule has 0 radical (unpaired) electrons. The minimum atomic E-state index is -1.01. The Labute approximate surface area is 123 Å². The van der Waals surface area contributed by atoms with Crippen molar-refractivity contribution in [2.24, 2.45) is 5.92 Å². The van der Waals surface area contributed by atoms with Crippen LogP contribution >= 0.6 is 0 Å². The molecule has 6 nitrogen and oxygen atoms in total. The van der Waals surface area contributed by atoms with Gasteiger partial charge in [-0.1, -0.05) is 12.8 Å². The van der Waals surface area contributed by atoms with Crippen LogP contribution in [0.2, 0.25) is 0 Å². The number of likely N-dealkylation sites (tertiary alicyclic amines) is 1. The number of aromatic nitrogens is 2. The monoisotopic (exact) mass is 296 g/mol. The standard InChI is InChI=1S/C14H21FN4O2/c15-13-10-17(8-11-3-1-2-4-11)6-5-14(13)18-9-12(7-16-18)19(20)21/h7,9,11,13-14H,1-6,8,10H2. The molecule has 2 aliphatic rings. The first-order valence-corrected chi connectivity index (χ1v) is 7.68. The fraction of sp³-hybridized carbons (Fsp3) is 0.786. The molecular formula is C14H21FN4O2. The highest BCUT2D eigenvalue weighted by molar-refractivity contribution is 5.21. The van der Waals surface area contributed by atoms with Gasteiger partial charge < -0.3 is 4.90 Å². The Hall–Kier alpha value is -1.50. The van der Waals surface area contributed by atoms with Gasteiger partial charge in [-0.2, -0.15) is 5.10 Å². The molecule has 1 aliphatic carbocycles. The van der Waals surface area contributed by atoms with E-state index in [1.54, 1.807) is 0 Å². The van der Waals surface area contributed by atoms with E-state index in [0.717, 1.165) is 19.0 Å². The number of nitro groups is 1. The molecule has 0 amide bonds. The third-order valence-electron chi connectivity index (χ3n) is 4.72. The largest absolute Gasteiger partial charge is 0.307 e. The van der Waals surface area contributed by atoms with Crippen molar-refractivity contribution >= 4 is 5.69 Å². The predicted octanol–water partition coefficient (Wildman–Crippen LogP) is 2.57. The van der Waals surface area contributed by atoms with Crippen molar-refractivity contribution in [3.63, 3.8) is 0 Å². The van der Waals surface area contributed by atoms with Gasteiger partial charge in [0.05, 0.1) is 11.0 Å². The summed E-state index contributed by atoms with van der Waals surface area (Å²) in [5.41, 5.74) is -0.0735. The molecule has 1 saturated carbocycles. The Bertz CT molecular complexity index is 501. The number of rotatable bonds is 4. The Morgan fingerprint density at radius 3 is 2.76 bits per heavy atom. The summed E-state index contributed by atoms with van der Waals surface area (Å²) < 4.78 is 15.8. The molecule has 2 atom stereocenters. The van der Waals surface area contributed by atoms with E-state index in [1.165, 1.54) is 42.8 Å². The topological polar surface area (TPSA) is 64.2 Å². The Morgan fingerprint density at radius 1 is 1.38 bits per heavy atom. The number of hydrogen-bond donors (Lipinski definition) is 0. The van der Waals surface area contributed by atoms with Crippen LogP contribution in [0, 0.1) is 16.0 Å². The van der Waals surface area contributed by atoms with Crippen LogP contribution in [0.1, 0.15) is 38.1 Å². The van der Waals surface area contributed by atoms with Crippen LogP contribution in [0.15, 0.2) is 12.4 Å². The van der Waals surface area contributed by atoms with Gasteiger partial charge in [0.15, 0.2) is 0 Å². The summed E-state index contributed by atoms with van der Waals surface area (Å²) in [7, 11) is 0. The van der Waals surface area contributed by atoms with Gasteiger partial charge in [0.25, 0.3) is 0 Å². The molecule has 3 rings (SSSR count). The average Bonchev–Trinajstić information content (AvgIpc) is 3.09. The van der Waals surface area contributed by atoms with Crippen molar-refractivity contribution in [3.05, 3.63) is 22.5 Å². The van der Waals surface area contributed by atoms with Crippen LogP contribution in [0.4, 0.5) is 10.1 Å². The highest BCUT2D eigenvalue weighted by atomic mass is 19.1. The second kappa shape index (κ2) is 6.09. The zero-order chi connectivity index (χ0) is 14.8. The Morgan fingerprint density at radius 2 is 2.14 bits per heavy atom. The summed E-state index contributed by atoms with van der Waals surface area (Å²) in [6.07, 6.45) is 7.31. The van der Waals surface area contributed by atoms with Gasteiger partial charge in [0.1, 0.15) is 18.6 Å². The quantitative estimate of drug-likeness (QED) is 0.633. The molecule has 1 aromatic heterocycles. The first kappa shape index (κ1) is 14.4. The van der Waals surface area contributed by atoms with Gasteiger partial charge in [-0.15, -0.1) is 0 Å². The molecule has 2 fully saturated rings. The molecule has 2 unspecified atom stereocenters. The van der Waals surface area contributed by atoms with Crippen LogP contribution in [-0.2, 0) is 0 Å². The molecule has 0 aromatic carbocycles.